The number of H-pyrrole nitrogens is 1. The van der Waals surface area contributed by atoms with Gasteiger partial charge in [0.25, 0.3) is 5.91 Å². The number of aryl methyl sites for hydroxylation is 1. The fraction of sp³-hybridized carbons (Fsp3) is 0.125. The van der Waals surface area contributed by atoms with E-state index in [1.807, 2.05) is 49.5 Å². The van der Waals surface area contributed by atoms with Gasteiger partial charge in [0.1, 0.15) is 0 Å². The van der Waals surface area contributed by atoms with Crippen molar-refractivity contribution in [2.45, 2.75) is 13.5 Å². The first kappa shape index (κ1) is 12.4. The van der Waals surface area contributed by atoms with Gasteiger partial charge >= 0.3 is 0 Å². The van der Waals surface area contributed by atoms with Gasteiger partial charge in [0, 0.05) is 41.1 Å². The molecule has 20 heavy (non-hydrogen) atoms. The summed E-state index contributed by atoms with van der Waals surface area (Å²) in [5.41, 5.74) is 3.66. The van der Waals surface area contributed by atoms with E-state index in [2.05, 4.69) is 15.3 Å². The van der Waals surface area contributed by atoms with E-state index < -0.39 is 0 Å². The molecule has 0 saturated carbocycles. The average molecular weight is 265 g/mol. The highest BCUT2D eigenvalue weighted by Gasteiger charge is 2.06. The second kappa shape index (κ2) is 5.17. The van der Waals surface area contributed by atoms with Crippen molar-refractivity contribution in [2.24, 2.45) is 0 Å². The van der Waals surface area contributed by atoms with Crippen molar-refractivity contribution in [1.29, 1.82) is 0 Å². The van der Waals surface area contributed by atoms with Crippen molar-refractivity contribution in [3.63, 3.8) is 0 Å². The Balaban J connectivity index is 1.70. The number of pyridine rings is 1. The second-order valence-electron chi connectivity index (χ2n) is 4.77. The number of hydrogen-bond donors (Lipinski definition) is 2. The predicted octanol–water partition coefficient (Wildman–Crippen LogP) is 2.80. The maximum Gasteiger partial charge on any atom is 0.251 e. The molecular formula is C16H15N3O. The van der Waals surface area contributed by atoms with Crippen molar-refractivity contribution in [2.75, 3.05) is 0 Å². The molecule has 0 bridgehead atoms. The number of hydrogen-bond acceptors (Lipinski definition) is 2. The third-order valence-corrected chi connectivity index (χ3v) is 3.24. The lowest BCUT2D eigenvalue weighted by molar-refractivity contribution is 0.0951. The molecule has 2 heterocycles. The Morgan fingerprint density at radius 3 is 2.95 bits per heavy atom. The van der Waals surface area contributed by atoms with E-state index in [4.69, 9.17) is 0 Å². The van der Waals surface area contributed by atoms with Gasteiger partial charge in [-0.25, -0.2) is 0 Å². The van der Waals surface area contributed by atoms with Crippen LogP contribution in [0.1, 0.15) is 21.6 Å². The van der Waals surface area contributed by atoms with Crippen LogP contribution in [0.15, 0.2) is 48.8 Å². The first-order valence-electron chi connectivity index (χ1n) is 6.49. The molecule has 4 nitrogen and oxygen atoms in total. The summed E-state index contributed by atoms with van der Waals surface area (Å²) in [6, 6.07) is 11.5. The normalized spacial score (nSPS) is 10.7. The number of rotatable bonds is 3. The van der Waals surface area contributed by atoms with Crippen LogP contribution in [-0.2, 0) is 6.54 Å². The summed E-state index contributed by atoms with van der Waals surface area (Å²) in [7, 11) is 0. The number of aromatic amines is 1. The van der Waals surface area contributed by atoms with E-state index in [1.54, 1.807) is 6.20 Å². The zero-order valence-corrected chi connectivity index (χ0v) is 11.2. The van der Waals surface area contributed by atoms with E-state index in [1.165, 1.54) is 0 Å². The van der Waals surface area contributed by atoms with Crippen molar-refractivity contribution < 1.29 is 4.79 Å². The van der Waals surface area contributed by atoms with Crippen molar-refractivity contribution >= 4 is 16.8 Å². The molecule has 0 spiro atoms. The van der Waals surface area contributed by atoms with Gasteiger partial charge in [-0.2, -0.15) is 0 Å². The molecule has 0 unspecified atom stereocenters. The fourth-order valence-electron chi connectivity index (χ4n) is 2.08. The second-order valence-corrected chi connectivity index (χ2v) is 4.77. The number of nitrogens with zero attached hydrogens (tertiary/aromatic N) is 1. The molecule has 0 aliphatic heterocycles. The molecule has 4 heteroatoms. The Morgan fingerprint density at radius 1 is 1.25 bits per heavy atom. The van der Waals surface area contributed by atoms with Gasteiger partial charge in [-0.1, -0.05) is 6.07 Å². The van der Waals surface area contributed by atoms with E-state index >= 15 is 0 Å². The van der Waals surface area contributed by atoms with Crippen molar-refractivity contribution in [1.82, 2.24) is 15.3 Å². The van der Waals surface area contributed by atoms with E-state index in [-0.39, 0.29) is 5.91 Å². The maximum absolute atomic E-state index is 12.1. The van der Waals surface area contributed by atoms with Gasteiger partial charge in [0.05, 0.1) is 0 Å². The molecule has 0 atom stereocenters. The largest absolute Gasteiger partial charge is 0.361 e. The highest BCUT2D eigenvalue weighted by molar-refractivity contribution is 5.98. The number of benzene rings is 1. The lowest BCUT2D eigenvalue weighted by Crippen LogP contribution is -2.22. The molecule has 0 saturated heterocycles. The summed E-state index contributed by atoms with van der Waals surface area (Å²) in [6.45, 7) is 2.42. The minimum Gasteiger partial charge on any atom is -0.361 e. The molecule has 1 aromatic carbocycles. The smallest absolute Gasteiger partial charge is 0.251 e. The maximum atomic E-state index is 12.1. The third-order valence-electron chi connectivity index (χ3n) is 3.24. The summed E-state index contributed by atoms with van der Waals surface area (Å²) in [4.78, 5) is 19.4. The number of amides is 1. The molecule has 0 aliphatic rings. The summed E-state index contributed by atoms with van der Waals surface area (Å²) < 4.78 is 0. The van der Waals surface area contributed by atoms with Crippen LogP contribution in [0.25, 0.3) is 10.9 Å². The van der Waals surface area contributed by atoms with Gasteiger partial charge in [-0.15, -0.1) is 0 Å². The zero-order chi connectivity index (χ0) is 13.9. The SMILES string of the molecule is Cc1ccc(CNC(=O)c2ccc3[nH]ccc3c2)cn1. The number of aromatic nitrogens is 2. The van der Waals surface area contributed by atoms with Crippen LogP contribution in [0, 0.1) is 6.92 Å². The highest BCUT2D eigenvalue weighted by atomic mass is 16.1. The van der Waals surface area contributed by atoms with Crippen LogP contribution in [-0.4, -0.2) is 15.9 Å². The van der Waals surface area contributed by atoms with E-state index in [9.17, 15) is 4.79 Å². The first-order chi connectivity index (χ1) is 9.72. The minimum atomic E-state index is -0.0753. The standard InChI is InChI=1S/C16H15N3O/c1-11-2-3-12(9-18-11)10-19-16(20)14-4-5-15-13(8-14)6-7-17-15/h2-9,17H,10H2,1H3,(H,19,20). The summed E-state index contributed by atoms with van der Waals surface area (Å²) >= 11 is 0. The summed E-state index contributed by atoms with van der Waals surface area (Å²) in [6.07, 6.45) is 3.65. The van der Waals surface area contributed by atoms with Gasteiger partial charge in [-0.3, -0.25) is 9.78 Å². The van der Waals surface area contributed by atoms with Crippen LogP contribution < -0.4 is 5.32 Å². The fourth-order valence-corrected chi connectivity index (χ4v) is 2.08. The molecule has 3 rings (SSSR count). The molecule has 2 N–H and O–H groups in total. The third kappa shape index (κ3) is 2.54. The van der Waals surface area contributed by atoms with E-state index in [0.717, 1.165) is 22.2 Å². The molecule has 0 fully saturated rings. The topological polar surface area (TPSA) is 57.8 Å². The molecule has 3 aromatic rings. The van der Waals surface area contributed by atoms with Gasteiger partial charge in [0.2, 0.25) is 0 Å². The Bertz CT molecular complexity index is 744. The van der Waals surface area contributed by atoms with Crippen LogP contribution in [0.5, 0.6) is 0 Å². The first-order valence-corrected chi connectivity index (χ1v) is 6.49. The van der Waals surface area contributed by atoms with Crippen LogP contribution in [0.2, 0.25) is 0 Å². The van der Waals surface area contributed by atoms with Gasteiger partial charge in [0.15, 0.2) is 0 Å². The molecule has 0 aliphatic carbocycles. The summed E-state index contributed by atoms with van der Waals surface area (Å²) in [5, 5.41) is 3.94. The van der Waals surface area contributed by atoms with Crippen LogP contribution >= 0.6 is 0 Å². The van der Waals surface area contributed by atoms with Crippen molar-refractivity contribution in [3.05, 3.63) is 65.6 Å². The lowest BCUT2D eigenvalue weighted by atomic mass is 10.1. The quantitative estimate of drug-likeness (QED) is 0.765. The van der Waals surface area contributed by atoms with Crippen molar-refractivity contribution in [3.8, 4) is 0 Å². The number of nitrogens with one attached hydrogen (secondary N) is 2. The zero-order valence-electron chi connectivity index (χ0n) is 11.2. The Labute approximate surface area is 116 Å². The highest BCUT2D eigenvalue weighted by Crippen LogP contribution is 2.14. The molecule has 1 amide bonds. The lowest BCUT2D eigenvalue weighted by Gasteiger charge is -2.05. The Kier molecular flexibility index (Phi) is 3.21. The predicted molar refractivity (Wildman–Crippen MR) is 78.4 cm³/mol. The van der Waals surface area contributed by atoms with E-state index in [0.29, 0.717) is 12.1 Å². The monoisotopic (exact) mass is 265 g/mol. The molecule has 2 aromatic heterocycles. The van der Waals surface area contributed by atoms with Gasteiger partial charge < -0.3 is 10.3 Å². The molecule has 0 radical (unpaired) electrons. The number of carbonyl (C=O) groups is 1. The molecule has 100 valence electrons. The van der Waals surface area contributed by atoms with Gasteiger partial charge in [-0.05, 0) is 42.8 Å². The summed E-state index contributed by atoms with van der Waals surface area (Å²) in [5.74, 6) is -0.0753. The Morgan fingerprint density at radius 2 is 2.15 bits per heavy atom. The number of carbonyl (C=O) groups excluding carboxylic acids is 1. The minimum absolute atomic E-state index is 0.0753. The van der Waals surface area contributed by atoms with Crippen LogP contribution in [0.3, 0.4) is 0 Å². The average Bonchev–Trinajstić information content (AvgIpc) is 2.93. The molecular weight excluding hydrogens is 250 g/mol. The van der Waals surface area contributed by atoms with Crippen LogP contribution in [0.4, 0.5) is 0 Å². The number of fused-ring (bicyclic) bond motifs is 1. The Hall–Kier alpha value is -2.62.